The maximum absolute atomic E-state index is 12.7. The molecule has 0 aliphatic carbocycles. The number of urea groups is 1. The van der Waals surface area contributed by atoms with Crippen LogP contribution in [-0.2, 0) is 9.53 Å². The van der Waals surface area contributed by atoms with Gasteiger partial charge in [0.1, 0.15) is 0 Å². The smallest absolute Gasteiger partial charge is 0.319 e. The minimum absolute atomic E-state index is 0.0998. The SMILES string of the molecule is COCCN1CC2=C(C1=O)[C@H](c1ccc3c(c1)OCO3)NC(=O)N2. The number of ether oxygens (including phenoxy) is 3. The van der Waals surface area contributed by atoms with E-state index in [1.54, 1.807) is 24.1 Å². The maximum atomic E-state index is 12.7. The molecule has 0 spiro atoms. The number of amides is 3. The molecule has 4 rings (SSSR count). The van der Waals surface area contributed by atoms with E-state index in [0.717, 1.165) is 5.56 Å². The number of carbonyl (C=O) groups excluding carboxylic acids is 2. The van der Waals surface area contributed by atoms with Crippen LogP contribution in [0.25, 0.3) is 0 Å². The Balaban J connectivity index is 1.66. The van der Waals surface area contributed by atoms with Crippen LogP contribution in [-0.4, -0.2) is 50.4 Å². The zero-order valence-electron chi connectivity index (χ0n) is 13.1. The van der Waals surface area contributed by atoms with Crippen molar-refractivity contribution >= 4 is 11.9 Å². The fourth-order valence-electron chi connectivity index (χ4n) is 3.15. The van der Waals surface area contributed by atoms with Gasteiger partial charge in [0.25, 0.3) is 5.91 Å². The summed E-state index contributed by atoms with van der Waals surface area (Å²) in [5.41, 5.74) is 1.98. The summed E-state index contributed by atoms with van der Waals surface area (Å²) in [5, 5.41) is 5.56. The first-order chi connectivity index (χ1) is 11.7. The predicted molar refractivity (Wildman–Crippen MR) is 82.5 cm³/mol. The van der Waals surface area contributed by atoms with Crippen molar-refractivity contribution < 1.29 is 23.8 Å². The third kappa shape index (κ3) is 2.35. The molecule has 3 heterocycles. The normalized spacial score (nSPS) is 21.7. The van der Waals surface area contributed by atoms with Gasteiger partial charge >= 0.3 is 6.03 Å². The molecular weight excluding hydrogens is 314 g/mol. The molecule has 3 amide bonds. The van der Waals surface area contributed by atoms with E-state index in [1.165, 1.54) is 0 Å². The van der Waals surface area contributed by atoms with Gasteiger partial charge in [-0.15, -0.1) is 0 Å². The molecule has 2 N–H and O–H groups in total. The van der Waals surface area contributed by atoms with Gasteiger partial charge in [0.05, 0.1) is 30.5 Å². The number of fused-ring (bicyclic) bond motifs is 1. The van der Waals surface area contributed by atoms with Crippen LogP contribution in [0.5, 0.6) is 11.5 Å². The second-order valence-corrected chi connectivity index (χ2v) is 5.76. The van der Waals surface area contributed by atoms with Gasteiger partial charge in [0, 0.05) is 13.7 Å². The lowest BCUT2D eigenvalue weighted by molar-refractivity contribution is -0.126. The number of rotatable bonds is 4. The summed E-state index contributed by atoms with van der Waals surface area (Å²) in [6.45, 7) is 1.48. The van der Waals surface area contributed by atoms with Crippen LogP contribution in [0.15, 0.2) is 29.5 Å². The molecule has 0 unspecified atom stereocenters. The molecule has 3 aliphatic rings. The van der Waals surface area contributed by atoms with Crippen LogP contribution in [0.4, 0.5) is 4.79 Å². The number of benzene rings is 1. The molecule has 1 atom stereocenters. The lowest BCUT2D eigenvalue weighted by atomic mass is 9.96. The first-order valence-electron chi connectivity index (χ1n) is 7.65. The second-order valence-electron chi connectivity index (χ2n) is 5.76. The Bertz CT molecular complexity index is 745. The zero-order valence-corrected chi connectivity index (χ0v) is 13.1. The van der Waals surface area contributed by atoms with E-state index < -0.39 is 6.04 Å². The monoisotopic (exact) mass is 331 g/mol. The molecule has 24 heavy (non-hydrogen) atoms. The minimum Gasteiger partial charge on any atom is -0.454 e. The predicted octanol–water partition coefficient (Wildman–Crippen LogP) is 0.512. The quantitative estimate of drug-likeness (QED) is 0.839. The fourth-order valence-corrected chi connectivity index (χ4v) is 3.15. The molecule has 8 nitrogen and oxygen atoms in total. The second kappa shape index (κ2) is 5.72. The molecule has 1 aromatic rings. The summed E-state index contributed by atoms with van der Waals surface area (Å²) in [4.78, 5) is 26.4. The van der Waals surface area contributed by atoms with Gasteiger partial charge in [-0.3, -0.25) is 4.79 Å². The first kappa shape index (κ1) is 14.8. The molecule has 0 radical (unpaired) electrons. The van der Waals surface area contributed by atoms with Crippen LogP contribution in [0, 0.1) is 0 Å². The van der Waals surface area contributed by atoms with Crippen molar-refractivity contribution in [3.05, 3.63) is 35.0 Å². The van der Waals surface area contributed by atoms with Crippen molar-refractivity contribution in [2.45, 2.75) is 6.04 Å². The zero-order chi connectivity index (χ0) is 16.7. The van der Waals surface area contributed by atoms with Crippen molar-refractivity contribution in [2.24, 2.45) is 0 Å². The van der Waals surface area contributed by atoms with Gasteiger partial charge in [0.15, 0.2) is 11.5 Å². The van der Waals surface area contributed by atoms with E-state index in [2.05, 4.69) is 10.6 Å². The van der Waals surface area contributed by atoms with Crippen LogP contribution >= 0.6 is 0 Å². The Morgan fingerprint density at radius 1 is 1.29 bits per heavy atom. The van der Waals surface area contributed by atoms with Crippen LogP contribution in [0.1, 0.15) is 11.6 Å². The lowest BCUT2D eigenvalue weighted by Crippen LogP contribution is -2.44. The molecule has 8 heteroatoms. The largest absolute Gasteiger partial charge is 0.454 e. The molecule has 0 bridgehead atoms. The van der Waals surface area contributed by atoms with Crippen molar-refractivity contribution in [2.75, 3.05) is 33.6 Å². The third-order valence-electron chi connectivity index (χ3n) is 4.32. The Hall–Kier alpha value is -2.74. The van der Waals surface area contributed by atoms with Gasteiger partial charge < -0.3 is 29.7 Å². The summed E-state index contributed by atoms with van der Waals surface area (Å²) < 4.78 is 15.7. The fraction of sp³-hybridized carbons (Fsp3) is 0.375. The highest BCUT2D eigenvalue weighted by Crippen LogP contribution is 2.38. The van der Waals surface area contributed by atoms with Gasteiger partial charge in [-0.2, -0.15) is 0 Å². The maximum Gasteiger partial charge on any atom is 0.319 e. The number of nitrogens with zero attached hydrogens (tertiary/aromatic N) is 1. The number of methoxy groups -OCH3 is 1. The van der Waals surface area contributed by atoms with Crippen molar-refractivity contribution in [1.82, 2.24) is 15.5 Å². The van der Waals surface area contributed by atoms with Gasteiger partial charge in [-0.05, 0) is 17.7 Å². The van der Waals surface area contributed by atoms with Crippen molar-refractivity contribution in [3.63, 3.8) is 0 Å². The van der Waals surface area contributed by atoms with E-state index in [0.29, 0.717) is 42.5 Å². The molecule has 0 saturated heterocycles. The van der Waals surface area contributed by atoms with E-state index in [4.69, 9.17) is 14.2 Å². The van der Waals surface area contributed by atoms with E-state index in [-0.39, 0.29) is 18.7 Å². The molecule has 0 fully saturated rings. The van der Waals surface area contributed by atoms with Crippen LogP contribution in [0.2, 0.25) is 0 Å². The summed E-state index contributed by atoms with van der Waals surface area (Å²) >= 11 is 0. The number of nitrogens with one attached hydrogen (secondary N) is 2. The van der Waals surface area contributed by atoms with Crippen molar-refractivity contribution in [3.8, 4) is 11.5 Å². The lowest BCUT2D eigenvalue weighted by Gasteiger charge is -2.25. The summed E-state index contributed by atoms with van der Waals surface area (Å²) in [6, 6.07) is 4.59. The Morgan fingerprint density at radius 2 is 2.12 bits per heavy atom. The standard InChI is InChI=1S/C16H17N3O5/c1-22-5-4-19-7-10-13(15(19)20)14(18-16(21)17-10)9-2-3-11-12(6-9)24-8-23-11/h2-3,6,14H,4-5,7-8H2,1H3,(H2,17,18,21)/t14-/m0/s1. The van der Waals surface area contributed by atoms with Crippen molar-refractivity contribution in [1.29, 1.82) is 0 Å². The highest BCUT2D eigenvalue weighted by molar-refractivity contribution is 6.01. The average molecular weight is 331 g/mol. The average Bonchev–Trinajstić information content (AvgIpc) is 3.16. The summed E-state index contributed by atoms with van der Waals surface area (Å²) in [7, 11) is 1.59. The minimum atomic E-state index is -0.511. The highest BCUT2D eigenvalue weighted by Gasteiger charge is 2.40. The first-order valence-corrected chi connectivity index (χ1v) is 7.65. The van der Waals surface area contributed by atoms with E-state index in [9.17, 15) is 9.59 Å². The molecule has 1 aromatic carbocycles. The third-order valence-corrected chi connectivity index (χ3v) is 4.32. The molecular formula is C16H17N3O5. The van der Waals surface area contributed by atoms with Gasteiger partial charge in [-0.25, -0.2) is 4.79 Å². The number of hydrogen-bond donors (Lipinski definition) is 2. The van der Waals surface area contributed by atoms with Crippen LogP contribution < -0.4 is 20.1 Å². The molecule has 0 aromatic heterocycles. The highest BCUT2D eigenvalue weighted by atomic mass is 16.7. The Labute approximate surface area is 138 Å². The van der Waals surface area contributed by atoms with E-state index >= 15 is 0 Å². The van der Waals surface area contributed by atoms with Gasteiger partial charge in [-0.1, -0.05) is 6.07 Å². The topological polar surface area (TPSA) is 89.1 Å². The summed E-state index contributed by atoms with van der Waals surface area (Å²) in [5.74, 6) is 1.18. The van der Waals surface area contributed by atoms with E-state index in [1.807, 2.05) is 6.07 Å². The Morgan fingerprint density at radius 3 is 2.96 bits per heavy atom. The number of carbonyl (C=O) groups is 2. The van der Waals surface area contributed by atoms with Crippen LogP contribution in [0.3, 0.4) is 0 Å². The van der Waals surface area contributed by atoms with Gasteiger partial charge in [0.2, 0.25) is 6.79 Å². The molecule has 126 valence electrons. The Kier molecular flexibility index (Phi) is 3.53. The molecule has 0 saturated carbocycles. The summed E-state index contributed by atoms with van der Waals surface area (Å²) in [6.07, 6.45) is 0. The molecule has 3 aliphatic heterocycles. The number of hydrogen-bond acceptors (Lipinski definition) is 5.